The van der Waals surface area contributed by atoms with Gasteiger partial charge in [-0.25, -0.2) is 0 Å². The summed E-state index contributed by atoms with van der Waals surface area (Å²) in [6.07, 6.45) is 3.49. The average molecular weight is 605 g/mol. The number of hydrogen-bond acceptors (Lipinski definition) is 5. The van der Waals surface area contributed by atoms with E-state index in [1.165, 1.54) is 10.4 Å². The zero-order valence-corrected chi connectivity index (χ0v) is 28.1. The summed E-state index contributed by atoms with van der Waals surface area (Å²) in [5, 5.41) is 13.2. The molecule has 0 amide bonds. The van der Waals surface area contributed by atoms with Gasteiger partial charge in [-0.05, 0) is 57.8 Å². The topological polar surface area (TPSA) is 65.0 Å². The molecule has 3 aromatic rings. The number of Topliss-reactive ketones (excluding diaryl/α,β-unsaturated/α-hetero) is 1. The molecule has 43 heavy (non-hydrogen) atoms. The summed E-state index contributed by atoms with van der Waals surface area (Å²) in [4.78, 5) is 12.7. The van der Waals surface area contributed by atoms with Gasteiger partial charge in [0.2, 0.25) is 0 Å². The third-order valence-electron chi connectivity index (χ3n) is 8.09. The van der Waals surface area contributed by atoms with E-state index in [0.29, 0.717) is 32.7 Å². The van der Waals surface area contributed by atoms with Crippen LogP contribution >= 0.6 is 0 Å². The Balaban J connectivity index is 1.41. The fourth-order valence-corrected chi connectivity index (χ4v) is 10.4. The summed E-state index contributed by atoms with van der Waals surface area (Å²) in [6, 6.07) is 29.2. The maximum absolute atomic E-state index is 12.7. The molecular weight excluding hydrogens is 552 g/mol. The summed E-state index contributed by atoms with van der Waals surface area (Å²) in [7, 11) is -0.862. The molecule has 1 unspecified atom stereocenters. The highest BCUT2D eigenvalue weighted by Gasteiger charge is 2.49. The Morgan fingerprint density at radius 2 is 1.35 bits per heavy atom. The number of ether oxygens (including phenoxy) is 2. The van der Waals surface area contributed by atoms with E-state index in [2.05, 4.69) is 81.4 Å². The molecule has 0 bridgehead atoms. The van der Waals surface area contributed by atoms with E-state index in [0.717, 1.165) is 37.0 Å². The minimum Gasteiger partial charge on any atom is -0.497 e. The summed E-state index contributed by atoms with van der Waals surface area (Å²) in [5.74, 6) is 0.737. The van der Waals surface area contributed by atoms with E-state index < -0.39 is 14.4 Å². The number of carbonyl (C=O) groups is 1. The van der Waals surface area contributed by atoms with E-state index in [4.69, 9.17) is 13.9 Å². The molecule has 234 valence electrons. The first-order valence-electron chi connectivity index (χ1n) is 15.6. The maximum atomic E-state index is 12.7. The average Bonchev–Trinajstić information content (AvgIpc) is 2.98. The summed E-state index contributed by atoms with van der Waals surface area (Å²) < 4.78 is 18.1. The molecule has 3 aromatic carbocycles. The van der Waals surface area contributed by atoms with Crippen LogP contribution < -0.4 is 15.1 Å². The quantitative estimate of drug-likeness (QED) is 0.124. The Morgan fingerprint density at radius 1 is 0.791 bits per heavy atom. The van der Waals surface area contributed by atoms with Gasteiger partial charge in [0.1, 0.15) is 11.9 Å². The number of hydrogen-bond donors (Lipinski definition) is 1. The van der Waals surface area contributed by atoms with Crippen LogP contribution in [-0.2, 0) is 20.6 Å². The molecule has 0 spiro atoms. The largest absolute Gasteiger partial charge is 0.497 e. The normalized spacial score (nSPS) is 13.1. The molecule has 0 aliphatic carbocycles. The van der Waals surface area contributed by atoms with Crippen LogP contribution in [0.25, 0.3) is 0 Å². The van der Waals surface area contributed by atoms with Gasteiger partial charge in [-0.3, -0.25) is 4.79 Å². The maximum Gasteiger partial charge on any atom is 0.261 e. The van der Waals surface area contributed by atoms with Gasteiger partial charge in [-0.2, -0.15) is 0 Å². The van der Waals surface area contributed by atoms with Crippen LogP contribution in [-0.4, -0.2) is 45.6 Å². The molecule has 1 atom stereocenters. The van der Waals surface area contributed by atoms with Crippen LogP contribution in [0.4, 0.5) is 0 Å². The van der Waals surface area contributed by atoms with E-state index in [9.17, 15) is 9.90 Å². The smallest absolute Gasteiger partial charge is 0.261 e. The number of ketones is 1. The monoisotopic (exact) mass is 604 g/mol. The van der Waals surface area contributed by atoms with Crippen LogP contribution in [0.2, 0.25) is 5.04 Å². The van der Waals surface area contributed by atoms with Crippen molar-refractivity contribution < 1.29 is 23.8 Å². The highest BCUT2D eigenvalue weighted by molar-refractivity contribution is 6.99. The van der Waals surface area contributed by atoms with Crippen molar-refractivity contribution in [3.8, 4) is 5.75 Å². The number of aliphatic hydroxyl groups is 1. The third kappa shape index (κ3) is 10.1. The van der Waals surface area contributed by atoms with Crippen LogP contribution in [0.5, 0.6) is 5.75 Å². The van der Waals surface area contributed by atoms with Gasteiger partial charge in [0.05, 0.1) is 20.3 Å². The first-order valence-corrected chi connectivity index (χ1v) is 17.6. The Bertz CT molecular complexity index is 1180. The Labute approximate surface area is 260 Å². The van der Waals surface area contributed by atoms with Crippen molar-refractivity contribution in [1.82, 2.24) is 0 Å². The number of methoxy groups -OCH3 is 1. The zero-order chi connectivity index (χ0) is 31.3. The van der Waals surface area contributed by atoms with Crippen LogP contribution in [0, 0.1) is 5.41 Å². The molecule has 6 heteroatoms. The minimum absolute atomic E-state index is 0.0350. The lowest BCUT2D eigenvalue weighted by Crippen LogP contribution is -2.66. The third-order valence-corrected chi connectivity index (χ3v) is 13.1. The molecule has 0 aromatic heterocycles. The van der Waals surface area contributed by atoms with Gasteiger partial charge in [-0.1, -0.05) is 120 Å². The van der Waals surface area contributed by atoms with Crippen molar-refractivity contribution in [2.75, 3.05) is 20.3 Å². The number of aliphatic hydroxyl groups excluding tert-OH is 1. The molecule has 0 saturated carbocycles. The standard InChI is InChI=1S/C37H52O5Si/c1-36(2,3)43(32-17-11-9-12-18-32,33-19-13-10-14-20-33)42-26-16-8-7-15-21-34(38)35(39)27-37(4,5)29-41-28-30-22-24-31(40-6)25-23-30/h9-14,17-20,22-25,35,39H,7-8,15-16,21,26-29H2,1-6H3. The second kappa shape index (κ2) is 16.3. The lowest BCUT2D eigenvalue weighted by molar-refractivity contribution is -0.129. The number of carbonyl (C=O) groups excluding carboxylic acids is 1. The molecule has 0 aliphatic rings. The van der Waals surface area contributed by atoms with E-state index >= 15 is 0 Å². The highest BCUT2D eigenvalue weighted by Crippen LogP contribution is 2.37. The number of rotatable bonds is 18. The number of benzene rings is 3. The second-order valence-electron chi connectivity index (χ2n) is 13.4. The Morgan fingerprint density at radius 3 is 1.88 bits per heavy atom. The Hall–Kier alpha value is -2.77. The zero-order valence-electron chi connectivity index (χ0n) is 27.1. The molecule has 1 N–H and O–H groups in total. The second-order valence-corrected chi connectivity index (χ2v) is 17.7. The molecule has 0 aliphatic heterocycles. The highest BCUT2D eigenvalue weighted by atomic mass is 28.4. The predicted molar refractivity (Wildman–Crippen MR) is 179 cm³/mol. The SMILES string of the molecule is COc1ccc(COCC(C)(C)CC(O)C(=O)CCCCCCO[Si](c2ccccc2)(c2ccccc2)C(C)(C)C)cc1. The van der Waals surface area contributed by atoms with E-state index in [1.54, 1.807) is 7.11 Å². The molecule has 5 nitrogen and oxygen atoms in total. The van der Waals surface area contributed by atoms with Gasteiger partial charge < -0.3 is 19.0 Å². The molecule has 0 heterocycles. The van der Waals surface area contributed by atoms with Gasteiger partial charge in [0, 0.05) is 13.0 Å². The molecule has 3 rings (SSSR count). The van der Waals surface area contributed by atoms with Crippen LogP contribution in [0.15, 0.2) is 84.9 Å². The lowest BCUT2D eigenvalue weighted by atomic mass is 9.85. The molecular formula is C37H52O5Si. The van der Waals surface area contributed by atoms with Crippen molar-refractivity contribution in [3.05, 3.63) is 90.5 Å². The minimum atomic E-state index is -2.51. The van der Waals surface area contributed by atoms with Crippen molar-refractivity contribution >= 4 is 24.5 Å². The van der Waals surface area contributed by atoms with Gasteiger partial charge in [-0.15, -0.1) is 0 Å². The molecule has 0 fully saturated rings. The fourth-order valence-electron chi connectivity index (χ4n) is 5.77. The van der Waals surface area contributed by atoms with Gasteiger partial charge >= 0.3 is 0 Å². The molecule has 0 radical (unpaired) electrons. The summed E-state index contributed by atoms with van der Waals surface area (Å²) >= 11 is 0. The van der Waals surface area contributed by atoms with Crippen molar-refractivity contribution in [2.24, 2.45) is 5.41 Å². The lowest BCUT2D eigenvalue weighted by Gasteiger charge is -2.43. The predicted octanol–water partition coefficient (Wildman–Crippen LogP) is 7.09. The fraction of sp³-hybridized carbons (Fsp3) is 0.486. The van der Waals surface area contributed by atoms with Gasteiger partial charge in [0.25, 0.3) is 8.32 Å². The van der Waals surface area contributed by atoms with Gasteiger partial charge in [0.15, 0.2) is 5.78 Å². The van der Waals surface area contributed by atoms with Crippen LogP contribution in [0.1, 0.15) is 78.7 Å². The van der Waals surface area contributed by atoms with Crippen molar-refractivity contribution in [2.45, 2.75) is 90.9 Å². The number of unbranched alkanes of at least 4 members (excludes halogenated alkanes) is 3. The summed E-state index contributed by atoms with van der Waals surface area (Å²) in [5.41, 5.74) is 0.755. The Kier molecular flexibility index (Phi) is 13.2. The first-order chi connectivity index (χ1) is 20.5. The first kappa shape index (κ1) is 34.7. The van der Waals surface area contributed by atoms with Crippen LogP contribution in [0.3, 0.4) is 0 Å². The molecule has 0 saturated heterocycles. The van der Waals surface area contributed by atoms with Crippen molar-refractivity contribution in [3.63, 3.8) is 0 Å². The van der Waals surface area contributed by atoms with E-state index in [1.807, 2.05) is 38.1 Å². The van der Waals surface area contributed by atoms with E-state index in [-0.39, 0.29) is 16.2 Å². The summed E-state index contributed by atoms with van der Waals surface area (Å²) in [6.45, 7) is 12.6. The van der Waals surface area contributed by atoms with Crippen molar-refractivity contribution in [1.29, 1.82) is 0 Å².